The van der Waals surface area contributed by atoms with Gasteiger partial charge in [-0.2, -0.15) is 0 Å². The van der Waals surface area contributed by atoms with Gasteiger partial charge < -0.3 is 10.3 Å². The molecule has 2 heterocycles. The Hall–Kier alpha value is -1.69. The molecule has 0 spiro atoms. The van der Waals surface area contributed by atoms with E-state index in [4.69, 9.17) is 5.84 Å². The number of fused-ring (bicyclic) bond motifs is 1. The molecule has 3 N–H and O–H groups in total. The van der Waals surface area contributed by atoms with Gasteiger partial charge in [0.25, 0.3) is 0 Å². The van der Waals surface area contributed by atoms with Gasteiger partial charge in [-0.25, -0.2) is 10.8 Å². The second kappa shape index (κ2) is 5.97. The molecule has 112 valence electrons. The third-order valence-electron chi connectivity index (χ3n) is 4.38. The van der Waals surface area contributed by atoms with Crippen LogP contribution in [0.4, 0.5) is 5.82 Å². The lowest BCUT2D eigenvalue weighted by Crippen LogP contribution is -2.49. The molecule has 1 aliphatic rings. The zero-order chi connectivity index (χ0) is 14.8. The van der Waals surface area contributed by atoms with E-state index in [0.29, 0.717) is 6.04 Å². The second-order valence-corrected chi connectivity index (χ2v) is 5.90. The van der Waals surface area contributed by atoms with Crippen LogP contribution in [0.5, 0.6) is 0 Å². The molecule has 1 aromatic heterocycles. The molecule has 1 aromatic carbocycles. The highest BCUT2D eigenvalue weighted by Gasteiger charge is 2.21. The first-order valence-electron chi connectivity index (χ1n) is 7.45. The van der Waals surface area contributed by atoms with Crippen molar-refractivity contribution >= 4 is 16.7 Å². The lowest BCUT2D eigenvalue weighted by Gasteiger charge is -2.37. The van der Waals surface area contributed by atoms with Crippen molar-refractivity contribution in [1.82, 2.24) is 14.8 Å². The first-order valence-corrected chi connectivity index (χ1v) is 7.45. The SMILES string of the molecule is CC1CN(Cc2cc3ccccc3nc2NN)CCN1C. The van der Waals surface area contributed by atoms with Gasteiger partial charge in [0, 0.05) is 43.2 Å². The summed E-state index contributed by atoms with van der Waals surface area (Å²) in [6.07, 6.45) is 0. The monoisotopic (exact) mass is 285 g/mol. The summed E-state index contributed by atoms with van der Waals surface area (Å²) in [4.78, 5) is 9.49. The lowest BCUT2D eigenvalue weighted by atomic mass is 10.1. The molecular formula is C16H23N5. The van der Waals surface area contributed by atoms with Crippen molar-refractivity contribution in [3.05, 3.63) is 35.9 Å². The smallest absolute Gasteiger partial charge is 0.145 e. The molecule has 21 heavy (non-hydrogen) atoms. The number of hydrazine groups is 1. The molecule has 0 aliphatic carbocycles. The molecule has 2 aromatic rings. The Morgan fingerprint density at radius 3 is 2.90 bits per heavy atom. The van der Waals surface area contributed by atoms with E-state index in [1.165, 1.54) is 0 Å². The Morgan fingerprint density at radius 2 is 2.14 bits per heavy atom. The molecule has 5 nitrogen and oxygen atoms in total. The highest BCUT2D eigenvalue weighted by molar-refractivity contribution is 5.81. The van der Waals surface area contributed by atoms with Crippen LogP contribution in [-0.2, 0) is 6.54 Å². The van der Waals surface area contributed by atoms with Crippen molar-refractivity contribution in [2.45, 2.75) is 19.5 Å². The third kappa shape index (κ3) is 3.00. The Labute approximate surface area is 125 Å². The van der Waals surface area contributed by atoms with Gasteiger partial charge >= 0.3 is 0 Å². The van der Waals surface area contributed by atoms with E-state index in [-0.39, 0.29) is 0 Å². The van der Waals surface area contributed by atoms with Crippen LogP contribution >= 0.6 is 0 Å². The molecule has 0 amide bonds. The van der Waals surface area contributed by atoms with Gasteiger partial charge in [-0.15, -0.1) is 0 Å². The van der Waals surface area contributed by atoms with Gasteiger partial charge in [-0.1, -0.05) is 18.2 Å². The Kier molecular flexibility index (Phi) is 4.05. The highest BCUT2D eigenvalue weighted by atomic mass is 15.3. The van der Waals surface area contributed by atoms with Crippen molar-refractivity contribution in [3.8, 4) is 0 Å². The van der Waals surface area contributed by atoms with E-state index in [2.05, 4.69) is 46.3 Å². The number of hydrogen-bond donors (Lipinski definition) is 2. The number of nitrogens with two attached hydrogens (primary N) is 1. The number of hydrogen-bond acceptors (Lipinski definition) is 5. The number of likely N-dealkylation sites (N-methyl/N-ethyl adjacent to an activating group) is 1. The summed E-state index contributed by atoms with van der Waals surface area (Å²) in [7, 11) is 2.19. The minimum absolute atomic E-state index is 0.585. The Bertz CT molecular complexity index is 627. The summed E-state index contributed by atoms with van der Waals surface area (Å²) >= 11 is 0. The molecule has 1 atom stereocenters. The van der Waals surface area contributed by atoms with Crippen LogP contribution in [0.25, 0.3) is 10.9 Å². The summed E-state index contributed by atoms with van der Waals surface area (Å²) in [5, 5.41) is 1.16. The summed E-state index contributed by atoms with van der Waals surface area (Å²) in [5.74, 6) is 6.43. The number of rotatable bonds is 3. The van der Waals surface area contributed by atoms with Crippen molar-refractivity contribution in [2.75, 3.05) is 32.1 Å². The quantitative estimate of drug-likeness (QED) is 0.663. The van der Waals surface area contributed by atoms with Crippen LogP contribution in [0, 0.1) is 0 Å². The fourth-order valence-electron chi connectivity index (χ4n) is 2.91. The average Bonchev–Trinajstić information content (AvgIpc) is 2.50. The highest BCUT2D eigenvalue weighted by Crippen LogP contribution is 2.22. The standard InChI is InChI=1S/C16H23N5/c1-12-10-21(8-7-20(12)2)11-14-9-13-5-3-4-6-15(13)18-16(14)19-17/h3-6,9,12H,7-8,10-11,17H2,1-2H3,(H,18,19). The largest absolute Gasteiger partial charge is 0.308 e. The van der Waals surface area contributed by atoms with Crippen LogP contribution in [-0.4, -0.2) is 47.5 Å². The fourth-order valence-corrected chi connectivity index (χ4v) is 2.91. The fraction of sp³-hybridized carbons (Fsp3) is 0.438. The molecule has 0 bridgehead atoms. The molecule has 5 heteroatoms. The molecular weight excluding hydrogens is 262 g/mol. The number of piperazine rings is 1. The summed E-state index contributed by atoms with van der Waals surface area (Å²) in [6, 6.07) is 10.9. The minimum Gasteiger partial charge on any atom is -0.308 e. The van der Waals surface area contributed by atoms with E-state index in [9.17, 15) is 0 Å². The number of nitrogens with zero attached hydrogens (tertiary/aromatic N) is 3. The van der Waals surface area contributed by atoms with Gasteiger partial charge in [0.2, 0.25) is 0 Å². The average molecular weight is 285 g/mol. The van der Waals surface area contributed by atoms with Crippen molar-refractivity contribution in [3.63, 3.8) is 0 Å². The minimum atomic E-state index is 0.585. The number of para-hydroxylation sites is 1. The first-order chi connectivity index (χ1) is 10.2. The second-order valence-electron chi connectivity index (χ2n) is 5.90. The maximum Gasteiger partial charge on any atom is 0.145 e. The molecule has 1 fully saturated rings. The van der Waals surface area contributed by atoms with E-state index >= 15 is 0 Å². The number of nitrogen functional groups attached to an aromatic ring is 1. The number of anilines is 1. The number of benzene rings is 1. The predicted octanol–water partition coefficient (Wildman–Crippen LogP) is 1.66. The van der Waals surface area contributed by atoms with Crippen molar-refractivity contribution in [2.24, 2.45) is 5.84 Å². The molecule has 3 rings (SSSR count). The van der Waals surface area contributed by atoms with E-state index < -0.39 is 0 Å². The topological polar surface area (TPSA) is 57.4 Å². The zero-order valence-corrected chi connectivity index (χ0v) is 12.7. The molecule has 1 saturated heterocycles. The van der Waals surface area contributed by atoms with Gasteiger partial charge in [0.05, 0.1) is 5.52 Å². The van der Waals surface area contributed by atoms with E-state index in [0.717, 1.165) is 48.5 Å². The van der Waals surface area contributed by atoms with Gasteiger partial charge in [-0.05, 0) is 26.1 Å². The Balaban J connectivity index is 1.85. The maximum absolute atomic E-state index is 5.66. The molecule has 0 saturated carbocycles. The van der Waals surface area contributed by atoms with E-state index in [1.54, 1.807) is 0 Å². The summed E-state index contributed by atoms with van der Waals surface area (Å²) in [5.41, 5.74) is 4.88. The normalized spacial score (nSPS) is 20.8. The predicted molar refractivity (Wildman–Crippen MR) is 86.9 cm³/mol. The number of pyridine rings is 1. The van der Waals surface area contributed by atoms with E-state index in [1.807, 2.05) is 18.2 Å². The lowest BCUT2D eigenvalue weighted by molar-refractivity contribution is 0.100. The van der Waals surface area contributed by atoms with Crippen molar-refractivity contribution < 1.29 is 0 Å². The first kappa shape index (κ1) is 14.3. The van der Waals surface area contributed by atoms with Gasteiger partial charge in [-0.3, -0.25) is 4.90 Å². The molecule has 0 radical (unpaired) electrons. The van der Waals surface area contributed by atoms with Crippen LogP contribution < -0.4 is 11.3 Å². The van der Waals surface area contributed by atoms with Gasteiger partial charge in [0.1, 0.15) is 5.82 Å². The molecule has 1 unspecified atom stereocenters. The number of aromatic nitrogens is 1. The van der Waals surface area contributed by atoms with Gasteiger partial charge in [0.15, 0.2) is 0 Å². The number of nitrogens with one attached hydrogen (secondary N) is 1. The van der Waals surface area contributed by atoms with Crippen LogP contribution in [0.15, 0.2) is 30.3 Å². The van der Waals surface area contributed by atoms with Crippen LogP contribution in [0.1, 0.15) is 12.5 Å². The third-order valence-corrected chi connectivity index (χ3v) is 4.38. The van der Waals surface area contributed by atoms with Crippen LogP contribution in [0.3, 0.4) is 0 Å². The Morgan fingerprint density at radius 1 is 1.33 bits per heavy atom. The summed E-state index contributed by atoms with van der Waals surface area (Å²) in [6.45, 7) is 6.42. The summed E-state index contributed by atoms with van der Waals surface area (Å²) < 4.78 is 0. The maximum atomic E-state index is 5.66. The van der Waals surface area contributed by atoms with Crippen molar-refractivity contribution in [1.29, 1.82) is 0 Å². The molecule has 1 aliphatic heterocycles. The van der Waals surface area contributed by atoms with Crippen LogP contribution in [0.2, 0.25) is 0 Å². The zero-order valence-electron chi connectivity index (χ0n) is 12.7.